The first kappa shape index (κ1) is 6.92. The molecule has 0 radical (unpaired) electrons. The molecule has 0 bridgehead atoms. The second-order valence-corrected chi connectivity index (χ2v) is 1.70. The van der Waals surface area contributed by atoms with E-state index >= 15 is 0 Å². The fraction of sp³-hybridized carbons (Fsp3) is 0.800. The zero-order valence-electron chi connectivity index (χ0n) is 5.03. The van der Waals surface area contributed by atoms with E-state index < -0.39 is 0 Å². The molecule has 0 aliphatic rings. The molecule has 44 valence electrons. The molecule has 1 unspecified atom stereocenters. The van der Waals surface area contributed by atoms with Crippen molar-refractivity contribution in [2.75, 3.05) is 27.3 Å². The zero-order chi connectivity index (χ0) is 5.70. The SMILES string of the molecule is [CH2-][NH+](C)CCOC. The zero-order valence-corrected chi connectivity index (χ0v) is 5.03. The first-order valence-electron chi connectivity index (χ1n) is 2.40. The standard InChI is InChI=1S/C5H13NO/c1-6(2)4-5-7-3/h6H,1,4-5H2,2-3H3. The van der Waals surface area contributed by atoms with Crippen LogP contribution in [0.4, 0.5) is 0 Å². The van der Waals surface area contributed by atoms with Gasteiger partial charge in [0.1, 0.15) is 0 Å². The van der Waals surface area contributed by atoms with Crippen LogP contribution in [-0.4, -0.2) is 27.3 Å². The summed E-state index contributed by atoms with van der Waals surface area (Å²) in [6, 6.07) is 0. The minimum absolute atomic E-state index is 0.801. The Labute approximate surface area is 45.1 Å². The quantitative estimate of drug-likeness (QED) is 0.449. The molecule has 0 rings (SSSR count). The summed E-state index contributed by atoms with van der Waals surface area (Å²) in [5.41, 5.74) is 0. The minimum atomic E-state index is 0.801. The Morgan fingerprint density at radius 2 is 2.29 bits per heavy atom. The number of methoxy groups -OCH3 is 1. The van der Waals surface area contributed by atoms with Gasteiger partial charge in [0.25, 0.3) is 0 Å². The third kappa shape index (κ3) is 5.92. The van der Waals surface area contributed by atoms with Gasteiger partial charge in [0.05, 0.1) is 13.2 Å². The van der Waals surface area contributed by atoms with E-state index in [1.807, 2.05) is 7.05 Å². The number of likely N-dealkylation sites (N-methyl/N-ethyl adjacent to an activating group) is 1. The predicted octanol–water partition coefficient (Wildman–Crippen LogP) is -1.06. The van der Waals surface area contributed by atoms with Crippen LogP contribution in [0.3, 0.4) is 0 Å². The van der Waals surface area contributed by atoms with Crippen molar-refractivity contribution in [2.45, 2.75) is 0 Å². The Hall–Kier alpha value is -0.0800. The summed E-state index contributed by atoms with van der Waals surface area (Å²) in [4.78, 5) is 1.18. The first-order valence-corrected chi connectivity index (χ1v) is 2.40. The van der Waals surface area contributed by atoms with Gasteiger partial charge in [0.2, 0.25) is 0 Å². The highest BCUT2D eigenvalue weighted by molar-refractivity contribution is 4.17. The van der Waals surface area contributed by atoms with Crippen LogP contribution in [0.2, 0.25) is 0 Å². The number of quaternary nitrogens is 1. The Kier molecular flexibility index (Phi) is 4.04. The lowest BCUT2D eigenvalue weighted by Crippen LogP contribution is -3.04. The number of ether oxygens (including phenoxy) is 1. The summed E-state index contributed by atoms with van der Waals surface area (Å²) < 4.78 is 4.79. The molecular formula is C5H13NO. The van der Waals surface area contributed by atoms with E-state index in [1.54, 1.807) is 7.11 Å². The van der Waals surface area contributed by atoms with Gasteiger partial charge in [-0.3, -0.25) is 0 Å². The fourth-order valence-electron chi connectivity index (χ4n) is 0.276. The van der Waals surface area contributed by atoms with Gasteiger partial charge in [-0.15, -0.1) is 0 Å². The topological polar surface area (TPSA) is 13.7 Å². The third-order valence-electron chi connectivity index (χ3n) is 0.733. The lowest BCUT2D eigenvalue weighted by atomic mass is 10.6. The summed E-state index contributed by atoms with van der Waals surface area (Å²) in [5, 5.41) is 0. The normalized spacial score (nSPS) is 14.1. The maximum absolute atomic E-state index is 4.79. The highest BCUT2D eigenvalue weighted by Crippen LogP contribution is 1.54. The molecule has 0 aromatic rings. The van der Waals surface area contributed by atoms with Crippen molar-refractivity contribution >= 4 is 0 Å². The van der Waals surface area contributed by atoms with E-state index in [2.05, 4.69) is 7.05 Å². The van der Waals surface area contributed by atoms with Gasteiger partial charge in [0, 0.05) is 14.2 Å². The smallest absolute Gasteiger partial charge is 0.0931 e. The van der Waals surface area contributed by atoms with Gasteiger partial charge < -0.3 is 9.64 Å². The van der Waals surface area contributed by atoms with E-state index in [1.165, 1.54) is 4.90 Å². The van der Waals surface area contributed by atoms with E-state index in [0.717, 1.165) is 13.2 Å². The van der Waals surface area contributed by atoms with Gasteiger partial charge in [-0.25, -0.2) is 0 Å². The van der Waals surface area contributed by atoms with Crippen molar-refractivity contribution in [3.05, 3.63) is 7.05 Å². The summed E-state index contributed by atoms with van der Waals surface area (Å²) in [5.74, 6) is 0. The molecule has 0 heterocycles. The van der Waals surface area contributed by atoms with E-state index in [4.69, 9.17) is 4.74 Å². The average molecular weight is 103 g/mol. The second kappa shape index (κ2) is 4.09. The molecule has 2 heteroatoms. The number of rotatable bonds is 3. The summed E-state index contributed by atoms with van der Waals surface area (Å²) in [7, 11) is 7.41. The Morgan fingerprint density at radius 1 is 1.71 bits per heavy atom. The van der Waals surface area contributed by atoms with Crippen LogP contribution >= 0.6 is 0 Å². The van der Waals surface area contributed by atoms with Gasteiger partial charge in [-0.1, -0.05) is 0 Å². The van der Waals surface area contributed by atoms with Crippen molar-refractivity contribution in [2.24, 2.45) is 0 Å². The van der Waals surface area contributed by atoms with E-state index in [9.17, 15) is 0 Å². The molecule has 0 aromatic carbocycles. The summed E-state index contributed by atoms with van der Waals surface area (Å²) in [6.45, 7) is 1.78. The van der Waals surface area contributed by atoms with Crippen molar-refractivity contribution in [3.63, 3.8) is 0 Å². The van der Waals surface area contributed by atoms with Crippen LogP contribution in [0.25, 0.3) is 0 Å². The van der Waals surface area contributed by atoms with Crippen LogP contribution in [-0.2, 0) is 4.74 Å². The van der Waals surface area contributed by atoms with Gasteiger partial charge in [-0.2, -0.15) is 7.05 Å². The van der Waals surface area contributed by atoms with Crippen molar-refractivity contribution in [1.29, 1.82) is 0 Å². The molecule has 1 atom stereocenters. The van der Waals surface area contributed by atoms with Crippen molar-refractivity contribution < 1.29 is 9.64 Å². The fourth-order valence-corrected chi connectivity index (χ4v) is 0.276. The molecule has 0 spiro atoms. The van der Waals surface area contributed by atoms with E-state index in [0.29, 0.717) is 0 Å². The number of hydrogen-bond donors (Lipinski definition) is 1. The largest absolute Gasteiger partial charge is 0.468 e. The van der Waals surface area contributed by atoms with Crippen LogP contribution in [0.15, 0.2) is 0 Å². The predicted molar refractivity (Wildman–Crippen MR) is 29.0 cm³/mol. The first-order chi connectivity index (χ1) is 3.27. The Balaban J connectivity index is 2.68. The van der Waals surface area contributed by atoms with Crippen LogP contribution in [0, 0.1) is 7.05 Å². The van der Waals surface area contributed by atoms with Crippen molar-refractivity contribution in [1.82, 2.24) is 0 Å². The Morgan fingerprint density at radius 3 is 2.43 bits per heavy atom. The van der Waals surface area contributed by atoms with Crippen LogP contribution in [0.1, 0.15) is 0 Å². The molecule has 7 heavy (non-hydrogen) atoms. The maximum Gasteiger partial charge on any atom is 0.0931 e. The van der Waals surface area contributed by atoms with Crippen molar-refractivity contribution in [3.8, 4) is 0 Å². The average Bonchev–Trinajstić information content (AvgIpc) is 1.61. The molecule has 0 saturated carbocycles. The molecule has 0 saturated heterocycles. The molecule has 0 aliphatic heterocycles. The van der Waals surface area contributed by atoms with Gasteiger partial charge >= 0.3 is 0 Å². The monoisotopic (exact) mass is 103 g/mol. The molecule has 2 nitrogen and oxygen atoms in total. The van der Waals surface area contributed by atoms with Crippen LogP contribution < -0.4 is 4.90 Å². The van der Waals surface area contributed by atoms with E-state index in [-0.39, 0.29) is 0 Å². The molecular weight excluding hydrogens is 90.1 g/mol. The highest BCUT2D eigenvalue weighted by Gasteiger charge is 1.81. The minimum Gasteiger partial charge on any atom is -0.468 e. The molecule has 0 amide bonds. The molecule has 0 fully saturated rings. The molecule has 0 aliphatic carbocycles. The lowest BCUT2D eigenvalue weighted by molar-refractivity contribution is -0.832. The summed E-state index contributed by atoms with van der Waals surface area (Å²) in [6.07, 6.45) is 0. The van der Waals surface area contributed by atoms with Crippen LogP contribution in [0.5, 0.6) is 0 Å². The highest BCUT2D eigenvalue weighted by atomic mass is 16.5. The lowest BCUT2D eigenvalue weighted by Gasteiger charge is -2.11. The molecule has 1 N–H and O–H groups in total. The van der Waals surface area contributed by atoms with Gasteiger partial charge in [-0.05, 0) is 0 Å². The third-order valence-corrected chi connectivity index (χ3v) is 0.733. The number of nitrogens with one attached hydrogen (secondary N) is 1. The summed E-state index contributed by atoms with van der Waals surface area (Å²) >= 11 is 0. The second-order valence-electron chi connectivity index (χ2n) is 1.70. The molecule has 0 aromatic heterocycles. The van der Waals surface area contributed by atoms with Gasteiger partial charge in [0.15, 0.2) is 0 Å². The number of hydrogen-bond acceptors (Lipinski definition) is 1. The maximum atomic E-state index is 4.79. The Bertz CT molecular complexity index is 37.1.